The van der Waals surface area contributed by atoms with Gasteiger partial charge in [-0.15, -0.1) is 0 Å². The van der Waals surface area contributed by atoms with E-state index in [1.165, 1.54) is 6.07 Å². The molecule has 0 saturated heterocycles. The number of carbonyl (C=O) groups excluding carboxylic acids is 1. The first-order valence-electron chi connectivity index (χ1n) is 6.93. The van der Waals surface area contributed by atoms with Crippen molar-refractivity contribution in [1.82, 2.24) is 19.6 Å². The Kier molecular flexibility index (Phi) is 3.80. The molecule has 0 atom stereocenters. The lowest BCUT2D eigenvalue weighted by Crippen LogP contribution is -2.15. The zero-order valence-electron chi connectivity index (χ0n) is 12.6. The molecule has 0 saturated carbocycles. The molecule has 1 aromatic carbocycles. The molecule has 2 heterocycles. The number of nitrogens with zero attached hydrogens (tertiary/aromatic N) is 3. The normalized spacial score (nSPS) is 10.7. The summed E-state index contributed by atoms with van der Waals surface area (Å²) in [7, 11) is 1.58. The lowest BCUT2D eigenvalue weighted by molar-refractivity contribution is 0.0512. The van der Waals surface area contributed by atoms with Crippen LogP contribution in [-0.2, 0) is 4.74 Å². The van der Waals surface area contributed by atoms with Crippen molar-refractivity contribution in [3.8, 4) is 17.0 Å². The highest BCUT2D eigenvalue weighted by molar-refractivity contribution is 5.85. The largest absolute Gasteiger partial charge is 0.497 e. The van der Waals surface area contributed by atoms with E-state index in [2.05, 4.69) is 15.1 Å². The molecule has 0 bridgehead atoms. The highest BCUT2D eigenvalue weighted by Crippen LogP contribution is 2.19. The fraction of sp³-hybridized carbons (Fsp3) is 0.200. The first-order chi connectivity index (χ1) is 11.1. The summed E-state index contributed by atoms with van der Waals surface area (Å²) in [6.07, 6.45) is 0. The van der Waals surface area contributed by atoms with Gasteiger partial charge in [-0.3, -0.25) is 9.89 Å². The molecule has 0 aliphatic rings. The lowest BCUT2D eigenvalue weighted by Gasteiger charge is -2.02. The molecule has 118 valence electrons. The number of hydrogen-bond acceptors (Lipinski definition) is 6. The van der Waals surface area contributed by atoms with Crippen LogP contribution in [0.5, 0.6) is 5.75 Å². The Morgan fingerprint density at radius 2 is 2.00 bits per heavy atom. The number of esters is 1. The Morgan fingerprint density at radius 3 is 2.65 bits per heavy atom. The number of nitrogens with one attached hydrogen (secondary N) is 1. The molecular weight excluding hydrogens is 300 g/mol. The number of hydrogen-bond donors (Lipinski definition) is 1. The Bertz CT molecular complexity index is 911. The summed E-state index contributed by atoms with van der Waals surface area (Å²) in [6, 6.07) is 8.48. The number of fused-ring (bicyclic) bond motifs is 1. The van der Waals surface area contributed by atoms with Gasteiger partial charge in [0.15, 0.2) is 0 Å². The lowest BCUT2D eigenvalue weighted by atomic mass is 10.1. The molecule has 2 aromatic heterocycles. The van der Waals surface area contributed by atoms with Crippen LogP contribution in [0.1, 0.15) is 17.5 Å². The van der Waals surface area contributed by atoms with E-state index >= 15 is 0 Å². The summed E-state index contributed by atoms with van der Waals surface area (Å²) < 4.78 is 11.0. The fourth-order valence-corrected chi connectivity index (χ4v) is 2.08. The van der Waals surface area contributed by atoms with Gasteiger partial charge in [0.1, 0.15) is 5.75 Å². The highest BCUT2D eigenvalue weighted by atomic mass is 16.5. The van der Waals surface area contributed by atoms with Gasteiger partial charge in [0.2, 0.25) is 5.82 Å². The van der Waals surface area contributed by atoms with Crippen molar-refractivity contribution in [2.45, 2.75) is 6.92 Å². The third-order valence-corrected chi connectivity index (χ3v) is 3.19. The molecule has 0 spiro atoms. The Morgan fingerprint density at radius 1 is 1.26 bits per heavy atom. The van der Waals surface area contributed by atoms with Crippen LogP contribution >= 0.6 is 0 Å². The molecule has 0 amide bonds. The zero-order chi connectivity index (χ0) is 16.4. The molecule has 0 aliphatic carbocycles. The molecule has 0 radical (unpaired) electrons. The third kappa shape index (κ3) is 2.78. The first-order valence-corrected chi connectivity index (χ1v) is 6.93. The monoisotopic (exact) mass is 314 g/mol. The summed E-state index contributed by atoms with van der Waals surface area (Å²) in [6.45, 7) is 1.90. The van der Waals surface area contributed by atoms with Crippen LogP contribution in [0.2, 0.25) is 0 Å². The van der Waals surface area contributed by atoms with Crippen LogP contribution in [0, 0.1) is 0 Å². The van der Waals surface area contributed by atoms with Crippen LogP contribution in [-0.4, -0.2) is 39.3 Å². The number of rotatable bonds is 4. The molecule has 3 aromatic rings. The summed E-state index contributed by atoms with van der Waals surface area (Å²) >= 11 is 0. The molecule has 8 nitrogen and oxygen atoms in total. The van der Waals surface area contributed by atoms with Gasteiger partial charge in [-0.2, -0.15) is 9.50 Å². The van der Waals surface area contributed by atoms with Gasteiger partial charge in [-0.05, 0) is 31.2 Å². The number of H-pyrrole nitrogens is 1. The number of methoxy groups -OCH3 is 1. The number of benzene rings is 1. The number of aromatic amines is 1. The van der Waals surface area contributed by atoms with Crippen molar-refractivity contribution >= 4 is 11.7 Å². The average Bonchev–Trinajstić information content (AvgIpc) is 3.00. The van der Waals surface area contributed by atoms with Gasteiger partial charge in [-0.1, -0.05) is 0 Å². The second-order valence-electron chi connectivity index (χ2n) is 4.64. The minimum Gasteiger partial charge on any atom is -0.497 e. The molecule has 0 aliphatic heterocycles. The highest BCUT2D eigenvalue weighted by Gasteiger charge is 2.15. The van der Waals surface area contributed by atoms with Crippen LogP contribution in [0.15, 0.2) is 35.1 Å². The summed E-state index contributed by atoms with van der Waals surface area (Å²) in [4.78, 5) is 32.1. The van der Waals surface area contributed by atoms with Gasteiger partial charge in [-0.25, -0.2) is 9.78 Å². The van der Waals surface area contributed by atoms with Gasteiger partial charge in [0, 0.05) is 11.6 Å². The maximum absolute atomic E-state index is 12.2. The Hall–Kier alpha value is -3.16. The van der Waals surface area contributed by atoms with Crippen molar-refractivity contribution < 1.29 is 14.3 Å². The standard InChI is InChI=1S/C15H14N4O4/c1-3-23-14(21)13-17-15-16-11(8-12(20)19(15)18-13)9-4-6-10(22-2)7-5-9/h4-8H,3H2,1-2H3,(H,16,17,18). The third-order valence-electron chi connectivity index (χ3n) is 3.19. The maximum atomic E-state index is 12.2. The van der Waals surface area contributed by atoms with E-state index in [1.54, 1.807) is 38.3 Å². The smallest absolute Gasteiger partial charge is 0.375 e. The van der Waals surface area contributed by atoms with Gasteiger partial charge in [0.25, 0.3) is 11.3 Å². The molecule has 23 heavy (non-hydrogen) atoms. The number of ether oxygens (including phenoxy) is 2. The van der Waals surface area contributed by atoms with E-state index < -0.39 is 5.97 Å². The second kappa shape index (κ2) is 5.91. The predicted molar refractivity (Wildman–Crippen MR) is 81.6 cm³/mol. The fourth-order valence-electron chi connectivity index (χ4n) is 2.08. The van der Waals surface area contributed by atoms with Gasteiger partial charge >= 0.3 is 5.97 Å². The van der Waals surface area contributed by atoms with Gasteiger partial charge in [0.05, 0.1) is 19.4 Å². The van der Waals surface area contributed by atoms with E-state index in [0.717, 1.165) is 10.1 Å². The van der Waals surface area contributed by atoms with Crippen LogP contribution in [0.4, 0.5) is 0 Å². The minimum absolute atomic E-state index is 0.0664. The summed E-state index contributed by atoms with van der Waals surface area (Å²) in [5.41, 5.74) is 0.828. The molecule has 8 heteroatoms. The van der Waals surface area contributed by atoms with E-state index in [1.807, 2.05) is 0 Å². The summed E-state index contributed by atoms with van der Waals surface area (Å²) in [5, 5.41) is 2.58. The number of aromatic nitrogens is 4. The molecular formula is C15H14N4O4. The topological polar surface area (TPSA) is 98.6 Å². The van der Waals surface area contributed by atoms with Crippen LogP contribution < -0.4 is 10.3 Å². The molecule has 0 unspecified atom stereocenters. The van der Waals surface area contributed by atoms with Crippen molar-refractivity contribution in [2.24, 2.45) is 0 Å². The number of carbonyl (C=O) groups is 1. The maximum Gasteiger partial charge on any atom is 0.375 e. The average molecular weight is 314 g/mol. The summed E-state index contributed by atoms with van der Waals surface area (Å²) in [5.74, 6) is 0.106. The Labute approximate surface area is 130 Å². The molecule has 1 N–H and O–H groups in total. The van der Waals surface area contributed by atoms with Crippen molar-refractivity contribution in [3.63, 3.8) is 0 Å². The molecule has 3 rings (SSSR count). The van der Waals surface area contributed by atoms with E-state index in [4.69, 9.17) is 9.47 Å². The minimum atomic E-state index is -0.636. The van der Waals surface area contributed by atoms with E-state index in [-0.39, 0.29) is 23.8 Å². The molecule has 0 fully saturated rings. The first kappa shape index (κ1) is 14.8. The van der Waals surface area contributed by atoms with Crippen LogP contribution in [0.3, 0.4) is 0 Å². The van der Waals surface area contributed by atoms with E-state index in [9.17, 15) is 9.59 Å². The van der Waals surface area contributed by atoms with Crippen molar-refractivity contribution in [2.75, 3.05) is 13.7 Å². The Balaban J connectivity index is 2.06. The zero-order valence-corrected chi connectivity index (χ0v) is 12.6. The van der Waals surface area contributed by atoms with Crippen LogP contribution in [0.25, 0.3) is 17.0 Å². The second-order valence-corrected chi connectivity index (χ2v) is 4.64. The van der Waals surface area contributed by atoms with Crippen molar-refractivity contribution in [3.05, 3.63) is 46.5 Å². The SMILES string of the molecule is CCOC(=O)c1nc2nc(-c3ccc(OC)cc3)cc(=O)n2[nH]1. The quantitative estimate of drug-likeness (QED) is 0.728. The van der Waals surface area contributed by atoms with E-state index in [0.29, 0.717) is 11.4 Å². The van der Waals surface area contributed by atoms with Gasteiger partial charge < -0.3 is 9.47 Å². The van der Waals surface area contributed by atoms with Crippen molar-refractivity contribution in [1.29, 1.82) is 0 Å². The predicted octanol–water partition coefficient (Wildman–Crippen LogP) is 1.27.